The van der Waals surface area contributed by atoms with Gasteiger partial charge in [-0.3, -0.25) is 4.79 Å². The van der Waals surface area contributed by atoms with Crippen LogP contribution in [0.4, 0.5) is 10.1 Å². The van der Waals surface area contributed by atoms with Gasteiger partial charge in [-0.1, -0.05) is 12.5 Å². The molecule has 1 aliphatic rings. The first-order valence-electron chi connectivity index (χ1n) is 6.39. The highest BCUT2D eigenvalue weighted by Crippen LogP contribution is 2.25. The molecular formula is C14H19FN2O. The number of aryl methyl sites for hydroxylation is 1. The number of nitrogens with one attached hydrogen (secondary N) is 1. The molecule has 0 bridgehead atoms. The van der Waals surface area contributed by atoms with E-state index in [2.05, 4.69) is 5.32 Å². The summed E-state index contributed by atoms with van der Waals surface area (Å²) < 4.78 is 13.1. The molecule has 2 atom stereocenters. The van der Waals surface area contributed by atoms with Crippen LogP contribution in [0, 0.1) is 18.7 Å². The van der Waals surface area contributed by atoms with E-state index >= 15 is 0 Å². The SMILES string of the molecule is Cc1ccc(F)cc1NC(=O)C1CCCC(N)C1. The van der Waals surface area contributed by atoms with Crippen LogP contribution in [0.15, 0.2) is 18.2 Å². The van der Waals surface area contributed by atoms with Crippen molar-refractivity contribution in [3.05, 3.63) is 29.6 Å². The molecule has 1 aromatic rings. The fraction of sp³-hybridized carbons (Fsp3) is 0.500. The first-order valence-corrected chi connectivity index (χ1v) is 6.39. The van der Waals surface area contributed by atoms with Gasteiger partial charge in [-0.05, 0) is 43.9 Å². The van der Waals surface area contributed by atoms with Crippen LogP contribution >= 0.6 is 0 Å². The van der Waals surface area contributed by atoms with Gasteiger partial charge in [0.1, 0.15) is 5.82 Å². The first kappa shape index (κ1) is 13.0. The molecule has 98 valence electrons. The third-order valence-electron chi connectivity index (χ3n) is 3.54. The van der Waals surface area contributed by atoms with Crippen molar-refractivity contribution >= 4 is 11.6 Å². The first-order chi connectivity index (χ1) is 8.56. The van der Waals surface area contributed by atoms with E-state index in [9.17, 15) is 9.18 Å². The van der Waals surface area contributed by atoms with Gasteiger partial charge in [-0.15, -0.1) is 0 Å². The van der Waals surface area contributed by atoms with Crippen LogP contribution in [-0.4, -0.2) is 11.9 Å². The molecule has 0 aromatic heterocycles. The van der Waals surface area contributed by atoms with E-state index < -0.39 is 0 Å². The zero-order valence-corrected chi connectivity index (χ0v) is 10.6. The molecule has 3 nitrogen and oxygen atoms in total. The Morgan fingerprint density at radius 1 is 1.44 bits per heavy atom. The van der Waals surface area contributed by atoms with Crippen molar-refractivity contribution in [2.45, 2.75) is 38.6 Å². The number of nitrogens with two attached hydrogens (primary N) is 1. The number of amides is 1. The van der Waals surface area contributed by atoms with Crippen molar-refractivity contribution in [1.29, 1.82) is 0 Å². The van der Waals surface area contributed by atoms with Gasteiger partial charge in [0.25, 0.3) is 0 Å². The molecule has 0 saturated heterocycles. The summed E-state index contributed by atoms with van der Waals surface area (Å²) in [7, 11) is 0. The van der Waals surface area contributed by atoms with Gasteiger partial charge in [0.15, 0.2) is 0 Å². The molecule has 1 amide bonds. The Kier molecular flexibility index (Phi) is 3.97. The molecule has 1 fully saturated rings. The number of carbonyl (C=O) groups excluding carboxylic acids is 1. The maximum absolute atomic E-state index is 13.1. The summed E-state index contributed by atoms with van der Waals surface area (Å²) in [6.07, 6.45) is 3.57. The third-order valence-corrected chi connectivity index (χ3v) is 3.54. The number of carbonyl (C=O) groups is 1. The van der Waals surface area contributed by atoms with Gasteiger partial charge >= 0.3 is 0 Å². The maximum atomic E-state index is 13.1. The molecule has 0 spiro atoms. The fourth-order valence-electron chi connectivity index (χ4n) is 2.43. The summed E-state index contributed by atoms with van der Waals surface area (Å²) in [6, 6.07) is 4.53. The quantitative estimate of drug-likeness (QED) is 0.847. The Balaban J connectivity index is 2.04. The second kappa shape index (κ2) is 5.48. The lowest BCUT2D eigenvalue weighted by molar-refractivity contribution is -0.120. The van der Waals surface area contributed by atoms with Crippen LogP contribution in [0.25, 0.3) is 0 Å². The van der Waals surface area contributed by atoms with Crippen LogP contribution in [0.1, 0.15) is 31.2 Å². The van der Waals surface area contributed by atoms with E-state index in [0.717, 1.165) is 31.2 Å². The Hall–Kier alpha value is -1.42. The van der Waals surface area contributed by atoms with Gasteiger partial charge in [0.05, 0.1) is 0 Å². The molecule has 2 unspecified atom stereocenters. The summed E-state index contributed by atoms with van der Waals surface area (Å²) in [4.78, 5) is 12.1. The standard InChI is InChI=1S/C14H19FN2O/c1-9-5-6-11(15)8-13(9)17-14(18)10-3-2-4-12(16)7-10/h5-6,8,10,12H,2-4,7,16H2,1H3,(H,17,18). The molecular weight excluding hydrogens is 231 g/mol. The number of hydrogen-bond donors (Lipinski definition) is 2. The van der Waals surface area contributed by atoms with Crippen LogP contribution in [-0.2, 0) is 4.79 Å². The van der Waals surface area contributed by atoms with E-state index in [1.165, 1.54) is 12.1 Å². The van der Waals surface area contributed by atoms with Gasteiger partial charge in [-0.25, -0.2) is 4.39 Å². The monoisotopic (exact) mass is 250 g/mol. The van der Waals surface area contributed by atoms with Crippen molar-refractivity contribution < 1.29 is 9.18 Å². The normalized spacial score (nSPS) is 23.7. The summed E-state index contributed by atoms with van der Waals surface area (Å²) in [5.74, 6) is -0.425. The highest BCUT2D eigenvalue weighted by atomic mass is 19.1. The van der Waals surface area contributed by atoms with E-state index in [1.807, 2.05) is 6.92 Å². The highest BCUT2D eigenvalue weighted by Gasteiger charge is 2.25. The number of halogens is 1. The molecule has 1 saturated carbocycles. The molecule has 1 aliphatic carbocycles. The molecule has 4 heteroatoms. The molecule has 2 rings (SSSR count). The summed E-state index contributed by atoms with van der Waals surface area (Å²) in [5, 5.41) is 2.81. The number of rotatable bonds is 2. The molecule has 18 heavy (non-hydrogen) atoms. The summed E-state index contributed by atoms with van der Waals surface area (Å²) >= 11 is 0. The van der Waals surface area contributed by atoms with Gasteiger partial charge < -0.3 is 11.1 Å². The predicted molar refractivity (Wildman–Crippen MR) is 69.7 cm³/mol. The van der Waals surface area contributed by atoms with Gasteiger partial charge in [0.2, 0.25) is 5.91 Å². The number of anilines is 1. The zero-order valence-electron chi connectivity index (χ0n) is 10.6. The van der Waals surface area contributed by atoms with Crippen molar-refractivity contribution in [3.63, 3.8) is 0 Å². The van der Waals surface area contributed by atoms with E-state index in [-0.39, 0.29) is 23.7 Å². The lowest BCUT2D eigenvalue weighted by Crippen LogP contribution is -2.34. The largest absolute Gasteiger partial charge is 0.328 e. The summed E-state index contributed by atoms with van der Waals surface area (Å²) in [6.45, 7) is 1.85. The Morgan fingerprint density at radius 3 is 2.94 bits per heavy atom. The Bertz CT molecular complexity index is 447. The van der Waals surface area contributed by atoms with E-state index in [4.69, 9.17) is 5.73 Å². The van der Waals surface area contributed by atoms with Gasteiger partial charge in [-0.2, -0.15) is 0 Å². The average Bonchev–Trinajstić information content (AvgIpc) is 2.34. The van der Waals surface area contributed by atoms with Crippen LogP contribution in [0.5, 0.6) is 0 Å². The maximum Gasteiger partial charge on any atom is 0.227 e. The molecule has 0 heterocycles. The number of hydrogen-bond acceptors (Lipinski definition) is 2. The topological polar surface area (TPSA) is 55.1 Å². The predicted octanol–water partition coefficient (Wildman–Crippen LogP) is 2.59. The summed E-state index contributed by atoms with van der Waals surface area (Å²) in [5.41, 5.74) is 7.29. The second-order valence-corrected chi connectivity index (χ2v) is 5.07. The highest BCUT2D eigenvalue weighted by molar-refractivity contribution is 5.93. The zero-order chi connectivity index (χ0) is 13.1. The van der Waals surface area contributed by atoms with Gasteiger partial charge in [0, 0.05) is 17.6 Å². The smallest absolute Gasteiger partial charge is 0.227 e. The van der Waals surface area contributed by atoms with E-state index in [1.54, 1.807) is 6.07 Å². The molecule has 3 N–H and O–H groups in total. The Morgan fingerprint density at radius 2 is 2.22 bits per heavy atom. The van der Waals surface area contributed by atoms with Crippen molar-refractivity contribution in [3.8, 4) is 0 Å². The molecule has 0 aliphatic heterocycles. The molecule has 0 radical (unpaired) electrons. The lowest BCUT2D eigenvalue weighted by atomic mass is 9.85. The fourth-order valence-corrected chi connectivity index (χ4v) is 2.43. The van der Waals surface area contributed by atoms with Crippen molar-refractivity contribution in [2.75, 3.05) is 5.32 Å². The number of benzene rings is 1. The lowest BCUT2D eigenvalue weighted by Gasteiger charge is -2.25. The minimum absolute atomic E-state index is 0.0427. The average molecular weight is 250 g/mol. The Labute approximate surface area is 107 Å². The van der Waals surface area contributed by atoms with Crippen LogP contribution in [0.2, 0.25) is 0 Å². The minimum atomic E-state index is -0.337. The van der Waals surface area contributed by atoms with Crippen molar-refractivity contribution in [1.82, 2.24) is 0 Å². The molecule has 1 aromatic carbocycles. The van der Waals surface area contributed by atoms with E-state index in [0.29, 0.717) is 5.69 Å². The van der Waals surface area contributed by atoms with Crippen LogP contribution < -0.4 is 11.1 Å². The third kappa shape index (κ3) is 3.07. The minimum Gasteiger partial charge on any atom is -0.328 e. The van der Waals surface area contributed by atoms with Crippen LogP contribution in [0.3, 0.4) is 0 Å². The van der Waals surface area contributed by atoms with Crippen molar-refractivity contribution in [2.24, 2.45) is 11.7 Å². The second-order valence-electron chi connectivity index (χ2n) is 5.07.